The van der Waals surface area contributed by atoms with E-state index >= 15 is 0 Å². The summed E-state index contributed by atoms with van der Waals surface area (Å²) in [6.07, 6.45) is 2.14. The molecule has 0 amide bonds. The van der Waals surface area contributed by atoms with Crippen LogP contribution in [0.25, 0.3) is 0 Å². The fourth-order valence-corrected chi connectivity index (χ4v) is 2.58. The summed E-state index contributed by atoms with van der Waals surface area (Å²) in [5.74, 6) is 1.85. The fraction of sp³-hybridized carbons (Fsp3) is 0.600. The van der Waals surface area contributed by atoms with E-state index in [-0.39, 0.29) is 0 Å². The number of nitrogens with one attached hydrogen (secondary N) is 1. The van der Waals surface area contributed by atoms with E-state index in [1.165, 1.54) is 5.56 Å². The van der Waals surface area contributed by atoms with Crippen LogP contribution in [0.1, 0.15) is 12.0 Å². The summed E-state index contributed by atoms with van der Waals surface area (Å²) in [6, 6.07) is 6.60. The maximum absolute atomic E-state index is 5.43. The van der Waals surface area contributed by atoms with Gasteiger partial charge in [0.2, 0.25) is 0 Å². The van der Waals surface area contributed by atoms with Crippen molar-refractivity contribution in [2.24, 2.45) is 0 Å². The van der Waals surface area contributed by atoms with Crippen molar-refractivity contribution in [1.82, 2.24) is 10.2 Å². The Hall–Kier alpha value is -1.26. The summed E-state index contributed by atoms with van der Waals surface area (Å²) in [5.41, 5.74) is 1.22. The topological polar surface area (TPSA) is 33.7 Å². The van der Waals surface area contributed by atoms with Gasteiger partial charge in [-0.3, -0.25) is 0 Å². The Morgan fingerprint density at radius 3 is 2.84 bits per heavy atom. The minimum absolute atomic E-state index is 0.602. The van der Waals surface area contributed by atoms with Gasteiger partial charge in [-0.15, -0.1) is 0 Å². The van der Waals surface area contributed by atoms with Crippen LogP contribution in [-0.4, -0.2) is 51.8 Å². The normalized spacial score (nSPS) is 20.3. The van der Waals surface area contributed by atoms with Gasteiger partial charge < -0.3 is 19.7 Å². The lowest BCUT2D eigenvalue weighted by molar-refractivity contribution is 0.190. The molecule has 0 radical (unpaired) electrons. The van der Waals surface area contributed by atoms with Crippen LogP contribution in [0.4, 0.5) is 0 Å². The predicted octanol–water partition coefficient (Wildman–Crippen LogP) is 1.54. The predicted molar refractivity (Wildman–Crippen MR) is 77.2 cm³/mol. The number of hydrogen-bond donors (Lipinski definition) is 1. The first kappa shape index (κ1) is 14.2. The molecule has 4 heteroatoms. The number of benzene rings is 1. The number of ether oxygens (including phenoxy) is 2. The second kappa shape index (κ2) is 6.78. The van der Waals surface area contributed by atoms with Gasteiger partial charge >= 0.3 is 0 Å². The lowest BCUT2D eigenvalue weighted by Crippen LogP contribution is -2.49. The molecule has 0 bridgehead atoms. The van der Waals surface area contributed by atoms with Gasteiger partial charge in [0.1, 0.15) is 11.5 Å². The average molecular weight is 264 g/mol. The quantitative estimate of drug-likeness (QED) is 0.874. The highest BCUT2D eigenvalue weighted by molar-refractivity contribution is 5.40. The van der Waals surface area contributed by atoms with Gasteiger partial charge in [-0.05, 0) is 43.7 Å². The first-order valence-electron chi connectivity index (χ1n) is 6.86. The molecule has 1 fully saturated rings. The number of piperazine rings is 1. The summed E-state index contributed by atoms with van der Waals surface area (Å²) in [7, 11) is 5.62. The molecule has 0 saturated carbocycles. The molecule has 106 valence electrons. The van der Waals surface area contributed by atoms with E-state index in [0.29, 0.717) is 6.04 Å². The monoisotopic (exact) mass is 264 g/mol. The molecule has 1 atom stereocenters. The molecular weight excluding hydrogens is 240 g/mol. The smallest absolute Gasteiger partial charge is 0.122 e. The minimum Gasteiger partial charge on any atom is -0.497 e. The Bertz CT molecular complexity index is 409. The highest BCUT2D eigenvalue weighted by Gasteiger charge is 2.18. The van der Waals surface area contributed by atoms with Crippen molar-refractivity contribution in [3.8, 4) is 11.5 Å². The second-order valence-corrected chi connectivity index (χ2v) is 5.06. The largest absolute Gasteiger partial charge is 0.497 e. The van der Waals surface area contributed by atoms with Crippen LogP contribution in [0.5, 0.6) is 11.5 Å². The molecule has 2 rings (SSSR count). The maximum Gasteiger partial charge on any atom is 0.122 e. The van der Waals surface area contributed by atoms with Crippen LogP contribution in [0, 0.1) is 0 Å². The van der Waals surface area contributed by atoms with Crippen molar-refractivity contribution < 1.29 is 9.47 Å². The lowest BCUT2D eigenvalue weighted by Gasteiger charge is -2.33. The minimum atomic E-state index is 0.602. The molecular formula is C15H24N2O2. The Morgan fingerprint density at radius 1 is 1.32 bits per heavy atom. The van der Waals surface area contributed by atoms with Gasteiger partial charge in [0.05, 0.1) is 14.2 Å². The fourth-order valence-electron chi connectivity index (χ4n) is 2.58. The molecule has 4 nitrogen and oxygen atoms in total. The van der Waals surface area contributed by atoms with E-state index < -0.39 is 0 Å². The van der Waals surface area contributed by atoms with E-state index in [1.807, 2.05) is 12.1 Å². The molecule has 0 aromatic heterocycles. The molecule has 1 saturated heterocycles. The zero-order chi connectivity index (χ0) is 13.7. The van der Waals surface area contributed by atoms with Gasteiger partial charge in [-0.2, -0.15) is 0 Å². The van der Waals surface area contributed by atoms with Gasteiger partial charge in [-0.25, -0.2) is 0 Å². The zero-order valence-electron chi connectivity index (χ0n) is 12.1. The molecule has 1 aliphatic rings. The molecule has 1 aromatic rings. The molecule has 19 heavy (non-hydrogen) atoms. The zero-order valence-corrected chi connectivity index (χ0v) is 12.1. The van der Waals surface area contributed by atoms with Crippen molar-refractivity contribution in [2.45, 2.75) is 18.9 Å². The van der Waals surface area contributed by atoms with Crippen molar-refractivity contribution in [2.75, 3.05) is 40.9 Å². The summed E-state index contributed by atoms with van der Waals surface area (Å²) in [6.45, 7) is 3.29. The van der Waals surface area contributed by atoms with Crippen molar-refractivity contribution in [1.29, 1.82) is 0 Å². The first-order chi connectivity index (χ1) is 9.24. The number of hydrogen-bond acceptors (Lipinski definition) is 4. The lowest BCUT2D eigenvalue weighted by atomic mass is 10.0. The third kappa shape index (κ3) is 3.61. The van der Waals surface area contributed by atoms with E-state index in [0.717, 1.165) is 44.0 Å². The molecule has 1 aliphatic heterocycles. The van der Waals surface area contributed by atoms with Crippen LogP contribution in [0.3, 0.4) is 0 Å². The van der Waals surface area contributed by atoms with Crippen molar-refractivity contribution in [3.63, 3.8) is 0 Å². The second-order valence-electron chi connectivity index (χ2n) is 5.06. The van der Waals surface area contributed by atoms with Gasteiger partial charge in [0.15, 0.2) is 0 Å². The highest BCUT2D eigenvalue weighted by atomic mass is 16.5. The number of likely N-dealkylation sites (N-methyl/N-ethyl adjacent to an activating group) is 1. The summed E-state index contributed by atoms with van der Waals surface area (Å²) < 4.78 is 10.7. The molecule has 1 unspecified atom stereocenters. The Kier molecular flexibility index (Phi) is 5.05. The van der Waals surface area contributed by atoms with E-state index in [1.54, 1.807) is 14.2 Å². The third-order valence-corrected chi connectivity index (χ3v) is 3.88. The van der Waals surface area contributed by atoms with Gasteiger partial charge in [0, 0.05) is 25.7 Å². The first-order valence-corrected chi connectivity index (χ1v) is 6.86. The standard InChI is InChI=1S/C15H24N2O2/c1-17-9-8-16-11-13(17)5-4-12-10-14(18-2)6-7-15(12)19-3/h6-7,10,13,16H,4-5,8-9,11H2,1-3H3. The van der Waals surface area contributed by atoms with E-state index in [2.05, 4.69) is 23.3 Å². The SMILES string of the molecule is COc1ccc(OC)c(CCC2CNCCN2C)c1. The highest BCUT2D eigenvalue weighted by Crippen LogP contribution is 2.26. The molecule has 0 aliphatic carbocycles. The van der Waals surface area contributed by atoms with Gasteiger partial charge in [0.25, 0.3) is 0 Å². The Morgan fingerprint density at radius 2 is 2.16 bits per heavy atom. The van der Waals surface area contributed by atoms with E-state index in [9.17, 15) is 0 Å². The third-order valence-electron chi connectivity index (χ3n) is 3.88. The van der Waals surface area contributed by atoms with Crippen LogP contribution in [0.15, 0.2) is 18.2 Å². The van der Waals surface area contributed by atoms with Gasteiger partial charge in [-0.1, -0.05) is 0 Å². The Labute approximate surface area is 115 Å². The maximum atomic E-state index is 5.43. The van der Waals surface area contributed by atoms with Crippen molar-refractivity contribution >= 4 is 0 Å². The molecule has 1 heterocycles. The van der Waals surface area contributed by atoms with Crippen LogP contribution >= 0.6 is 0 Å². The number of nitrogens with zero attached hydrogens (tertiary/aromatic N) is 1. The van der Waals surface area contributed by atoms with Crippen molar-refractivity contribution in [3.05, 3.63) is 23.8 Å². The van der Waals surface area contributed by atoms with E-state index in [4.69, 9.17) is 9.47 Å². The molecule has 0 spiro atoms. The summed E-state index contributed by atoms with van der Waals surface area (Å²) >= 11 is 0. The van der Waals surface area contributed by atoms with Crippen LogP contribution in [-0.2, 0) is 6.42 Å². The van der Waals surface area contributed by atoms with Crippen LogP contribution < -0.4 is 14.8 Å². The molecule has 1 aromatic carbocycles. The number of rotatable bonds is 5. The van der Waals surface area contributed by atoms with Crippen LogP contribution in [0.2, 0.25) is 0 Å². The summed E-state index contributed by atoms with van der Waals surface area (Å²) in [4.78, 5) is 2.43. The average Bonchev–Trinajstić information content (AvgIpc) is 2.46. The number of methoxy groups -OCH3 is 2. The number of aryl methyl sites for hydroxylation is 1. The Balaban J connectivity index is 2.01. The molecule has 1 N–H and O–H groups in total. The summed E-state index contributed by atoms with van der Waals surface area (Å²) in [5, 5.41) is 3.46.